The molecule has 0 saturated heterocycles. The standard InChI is InChI=1S/C18H22N2S/c1-12-17(11-19-14-9-10-14)21-18(20-12)16-8-4-6-13-5-2-3-7-15(13)16/h2-3,5,7,14,16,19H,4,6,8-11H2,1H3. The largest absolute Gasteiger partial charge is 0.309 e. The fraction of sp³-hybridized carbons (Fsp3) is 0.500. The summed E-state index contributed by atoms with van der Waals surface area (Å²) in [4.78, 5) is 6.34. The number of rotatable bonds is 4. The van der Waals surface area contributed by atoms with Crippen LogP contribution in [-0.4, -0.2) is 11.0 Å². The zero-order valence-electron chi connectivity index (χ0n) is 12.6. The molecule has 0 amide bonds. The summed E-state index contributed by atoms with van der Waals surface area (Å²) >= 11 is 1.93. The summed E-state index contributed by atoms with van der Waals surface area (Å²) in [6, 6.07) is 9.70. The van der Waals surface area contributed by atoms with Crippen molar-refractivity contribution in [3.8, 4) is 0 Å². The molecule has 2 aliphatic rings. The molecule has 21 heavy (non-hydrogen) atoms. The minimum absolute atomic E-state index is 0.522. The molecule has 1 fully saturated rings. The fourth-order valence-corrected chi connectivity index (χ4v) is 4.47. The summed E-state index contributed by atoms with van der Waals surface area (Å²) in [5.41, 5.74) is 4.27. The highest BCUT2D eigenvalue weighted by Gasteiger charge is 2.26. The van der Waals surface area contributed by atoms with Crippen LogP contribution in [0.25, 0.3) is 0 Å². The molecule has 1 unspecified atom stereocenters. The van der Waals surface area contributed by atoms with Gasteiger partial charge in [-0.1, -0.05) is 24.3 Å². The van der Waals surface area contributed by atoms with Crippen LogP contribution in [0.3, 0.4) is 0 Å². The van der Waals surface area contributed by atoms with Gasteiger partial charge in [-0.3, -0.25) is 0 Å². The molecule has 2 aromatic rings. The van der Waals surface area contributed by atoms with Gasteiger partial charge in [0.15, 0.2) is 0 Å². The molecule has 1 aromatic carbocycles. The number of aromatic nitrogens is 1. The van der Waals surface area contributed by atoms with Crippen LogP contribution < -0.4 is 5.32 Å². The molecule has 3 heteroatoms. The fourth-order valence-electron chi connectivity index (χ4n) is 3.30. The first-order valence-corrected chi connectivity index (χ1v) is 8.90. The normalized spacial score (nSPS) is 21.3. The van der Waals surface area contributed by atoms with E-state index in [9.17, 15) is 0 Å². The molecule has 0 aliphatic heterocycles. The second-order valence-electron chi connectivity index (χ2n) is 6.36. The Morgan fingerprint density at radius 2 is 2.10 bits per heavy atom. The summed E-state index contributed by atoms with van der Waals surface area (Å²) in [6.07, 6.45) is 6.46. The minimum atomic E-state index is 0.522. The molecular weight excluding hydrogens is 276 g/mol. The van der Waals surface area contributed by atoms with Gasteiger partial charge in [0.25, 0.3) is 0 Å². The first-order chi connectivity index (χ1) is 10.3. The highest BCUT2D eigenvalue weighted by atomic mass is 32.1. The molecule has 2 nitrogen and oxygen atoms in total. The molecule has 1 N–H and O–H groups in total. The lowest BCUT2D eigenvalue weighted by atomic mass is 9.83. The predicted octanol–water partition coefficient (Wildman–Crippen LogP) is 4.17. The number of benzene rings is 1. The molecule has 0 radical (unpaired) electrons. The van der Waals surface area contributed by atoms with E-state index in [0.29, 0.717) is 5.92 Å². The monoisotopic (exact) mass is 298 g/mol. The van der Waals surface area contributed by atoms with E-state index in [2.05, 4.69) is 36.5 Å². The molecule has 1 heterocycles. The van der Waals surface area contributed by atoms with Crippen molar-refractivity contribution in [1.82, 2.24) is 10.3 Å². The van der Waals surface area contributed by atoms with Gasteiger partial charge in [0.1, 0.15) is 5.01 Å². The zero-order chi connectivity index (χ0) is 14.2. The van der Waals surface area contributed by atoms with E-state index in [-0.39, 0.29) is 0 Å². The molecule has 1 atom stereocenters. The van der Waals surface area contributed by atoms with Crippen LogP contribution in [0, 0.1) is 6.92 Å². The first kappa shape index (κ1) is 13.5. The smallest absolute Gasteiger partial charge is 0.101 e. The Morgan fingerprint density at radius 1 is 1.24 bits per heavy atom. The van der Waals surface area contributed by atoms with Gasteiger partial charge in [0.05, 0.1) is 5.69 Å². The lowest BCUT2D eigenvalue weighted by Crippen LogP contribution is -2.14. The van der Waals surface area contributed by atoms with Gasteiger partial charge in [-0.25, -0.2) is 4.98 Å². The van der Waals surface area contributed by atoms with Crippen LogP contribution in [0.15, 0.2) is 24.3 Å². The number of nitrogens with one attached hydrogen (secondary N) is 1. The van der Waals surface area contributed by atoms with Crippen molar-refractivity contribution >= 4 is 11.3 Å². The van der Waals surface area contributed by atoms with Gasteiger partial charge in [0.2, 0.25) is 0 Å². The highest BCUT2D eigenvalue weighted by Crippen LogP contribution is 2.39. The summed E-state index contributed by atoms with van der Waals surface area (Å²) in [7, 11) is 0. The average Bonchev–Trinajstić information content (AvgIpc) is 3.27. The third kappa shape index (κ3) is 2.77. The number of hydrogen-bond donors (Lipinski definition) is 1. The van der Waals surface area contributed by atoms with Gasteiger partial charge in [-0.15, -0.1) is 11.3 Å². The highest BCUT2D eigenvalue weighted by molar-refractivity contribution is 7.11. The Hall–Kier alpha value is -1.19. The Kier molecular flexibility index (Phi) is 3.56. The van der Waals surface area contributed by atoms with Crippen molar-refractivity contribution in [2.45, 2.75) is 57.5 Å². The van der Waals surface area contributed by atoms with Crippen LogP contribution in [0.4, 0.5) is 0 Å². The van der Waals surface area contributed by atoms with Crippen molar-refractivity contribution in [3.63, 3.8) is 0 Å². The van der Waals surface area contributed by atoms with Gasteiger partial charge in [-0.2, -0.15) is 0 Å². The van der Waals surface area contributed by atoms with Crippen LogP contribution in [0.5, 0.6) is 0 Å². The van der Waals surface area contributed by atoms with Crippen LogP contribution in [-0.2, 0) is 13.0 Å². The molecule has 1 aromatic heterocycles. The second-order valence-corrected chi connectivity index (χ2v) is 7.47. The van der Waals surface area contributed by atoms with E-state index in [0.717, 1.165) is 12.6 Å². The van der Waals surface area contributed by atoms with E-state index in [1.54, 1.807) is 0 Å². The summed E-state index contributed by atoms with van der Waals surface area (Å²) in [5.74, 6) is 0.522. The van der Waals surface area contributed by atoms with E-state index < -0.39 is 0 Å². The van der Waals surface area contributed by atoms with Crippen LogP contribution in [0.2, 0.25) is 0 Å². The quantitative estimate of drug-likeness (QED) is 0.916. The third-order valence-electron chi connectivity index (χ3n) is 4.71. The Labute approximate surface area is 130 Å². The van der Waals surface area contributed by atoms with Gasteiger partial charge in [0, 0.05) is 23.4 Å². The molecular formula is C18H22N2S. The summed E-state index contributed by atoms with van der Waals surface area (Å²) in [6.45, 7) is 3.17. The summed E-state index contributed by atoms with van der Waals surface area (Å²) < 4.78 is 0. The van der Waals surface area contributed by atoms with Gasteiger partial charge >= 0.3 is 0 Å². The van der Waals surface area contributed by atoms with E-state index in [4.69, 9.17) is 4.98 Å². The Morgan fingerprint density at radius 3 is 2.95 bits per heavy atom. The molecule has 0 spiro atoms. The molecule has 0 bridgehead atoms. The van der Waals surface area contributed by atoms with Gasteiger partial charge in [-0.05, 0) is 50.2 Å². The maximum Gasteiger partial charge on any atom is 0.101 e. The number of hydrogen-bond acceptors (Lipinski definition) is 3. The SMILES string of the molecule is Cc1nc(C2CCCc3ccccc32)sc1CNC1CC1. The van der Waals surface area contributed by atoms with Crippen molar-refractivity contribution in [2.75, 3.05) is 0 Å². The maximum absolute atomic E-state index is 4.91. The number of aryl methyl sites for hydroxylation is 2. The average molecular weight is 298 g/mol. The summed E-state index contributed by atoms with van der Waals surface area (Å²) in [5, 5.41) is 4.95. The van der Waals surface area contributed by atoms with E-state index in [1.165, 1.54) is 58.8 Å². The van der Waals surface area contributed by atoms with E-state index in [1.807, 2.05) is 11.3 Å². The van der Waals surface area contributed by atoms with Crippen LogP contribution >= 0.6 is 11.3 Å². The second kappa shape index (κ2) is 5.54. The molecule has 4 rings (SSSR count). The molecule has 1 saturated carbocycles. The van der Waals surface area contributed by atoms with Crippen molar-refractivity contribution in [3.05, 3.63) is 51.0 Å². The Balaban J connectivity index is 1.60. The minimum Gasteiger partial charge on any atom is -0.309 e. The maximum atomic E-state index is 4.91. The van der Waals surface area contributed by atoms with Crippen molar-refractivity contribution in [1.29, 1.82) is 0 Å². The molecule has 2 aliphatic carbocycles. The zero-order valence-corrected chi connectivity index (χ0v) is 13.4. The van der Waals surface area contributed by atoms with E-state index >= 15 is 0 Å². The van der Waals surface area contributed by atoms with Gasteiger partial charge < -0.3 is 5.32 Å². The number of fused-ring (bicyclic) bond motifs is 1. The molecule has 110 valence electrons. The third-order valence-corrected chi connectivity index (χ3v) is 5.98. The lowest BCUT2D eigenvalue weighted by molar-refractivity contribution is 0.612. The first-order valence-electron chi connectivity index (χ1n) is 8.08. The topological polar surface area (TPSA) is 24.9 Å². The van der Waals surface area contributed by atoms with Crippen molar-refractivity contribution in [2.24, 2.45) is 0 Å². The van der Waals surface area contributed by atoms with Crippen LogP contribution in [0.1, 0.15) is 58.3 Å². The Bertz CT molecular complexity index is 642. The number of nitrogens with zero attached hydrogens (tertiary/aromatic N) is 1. The number of thiazole rings is 1. The predicted molar refractivity (Wildman–Crippen MR) is 87.9 cm³/mol. The van der Waals surface area contributed by atoms with Crippen molar-refractivity contribution < 1.29 is 0 Å². The lowest BCUT2D eigenvalue weighted by Gasteiger charge is -2.23.